The smallest absolute Gasteiger partial charge is 0.153 e. The number of hydrogen-bond acceptors (Lipinski definition) is 4. The summed E-state index contributed by atoms with van der Waals surface area (Å²) in [5.74, 6) is 1.16. The zero-order valence-electron chi connectivity index (χ0n) is 10.7. The summed E-state index contributed by atoms with van der Waals surface area (Å²) in [4.78, 5) is 2.32. The van der Waals surface area contributed by atoms with Crippen molar-refractivity contribution in [3.63, 3.8) is 0 Å². The number of nitrogens with zero attached hydrogens (tertiary/aromatic N) is 1. The van der Waals surface area contributed by atoms with Gasteiger partial charge in [0.15, 0.2) is 9.84 Å². The van der Waals surface area contributed by atoms with Crippen LogP contribution in [0.4, 0.5) is 0 Å². The SMILES string of the molecule is CNCC(C)C(C)N1CCS(=O)(=O)CC1C. The second-order valence-electron chi connectivity index (χ2n) is 4.98. The van der Waals surface area contributed by atoms with Crippen molar-refractivity contribution in [2.45, 2.75) is 32.9 Å². The zero-order valence-corrected chi connectivity index (χ0v) is 11.5. The summed E-state index contributed by atoms with van der Waals surface area (Å²) in [6.07, 6.45) is 0. The van der Waals surface area contributed by atoms with Crippen molar-refractivity contribution in [3.8, 4) is 0 Å². The van der Waals surface area contributed by atoms with Crippen LogP contribution in [-0.2, 0) is 9.84 Å². The summed E-state index contributed by atoms with van der Waals surface area (Å²) in [6.45, 7) is 8.06. The maximum atomic E-state index is 11.5. The van der Waals surface area contributed by atoms with Crippen LogP contribution in [0.25, 0.3) is 0 Å². The van der Waals surface area contributed by atoms with Gasteiger partial charge in [0.25, 0.3) is 0 Å². The van der Waals surface area contributed by atoms with E-state index in [1.807, 2.05) is 14.0 Å². The molecule has 0 aromatic rings. The highest BCUT2D eigenvalue weighted by molar-refractivity contribution is 7.91. The zero-order chi connectivity index (χ0) is 12.3. The van der Waals surface area contributed by atoms with E-state index >= 15 is 0 Å². The first kappa shape index (κ1) is 13.9. The van der Waals surface area contributed by atoms with E-state index in [0.717, 1.165) is 6.54 Å². The van der Waals surface area contributed by atoms with E-state index in [4.69, 9.17) is 0 Å². The fraction of sp³-hybridized carbons (Fsp3) is 1.00. The van der Waals surface area contributed by atoms with Gasteiger partial charge in [-0.15, -0.1) is 0 Å². The van der Waals surface area contributed by atoms with Gasteiger partial charge in [0.05, 0.1) is 11.5 Å². The van der Waals surface area contributed by atoms with E-state index in [9.17, 15) is 8.42 Å². The standard InChI is InChI=1S/C11H24N2O2S/c1-9(7-12-4)11(3)13-5-6-16(14,15)8-10(13)2/h9-12H,5-8H2,1-4H3. The molecule has 0 radical (unpaired) electrons. The van der Waals surface area contributed by atoms with Crippen LogP contribution < -0.4 is 5.32 Å². The minimum atomic E-state index is -2.79. The Kier molecular flexibility index (Phi) is 4.76. The highest BCUT2D eigenvalue weighted by Gasteiger charge is 2.32. The molecule has 96 valence electrons. The van der Waals surface area contributed by atoms with Gasteiger partial charge < -0.3 is 5.32 Å². The number of nitrogens with one attached hydrogen (secondary N) is 1. The monoisotopic (exact) mass is 248 g/mol. The van der Waals surface area contributed by atoms with Crippen molar-refractivity contribution in [3.05, 3.63) is 0 Å². The third kappa shape index (κ3) is 3.43. The minimum Gasteiger partial charge on any atom is -0.319 e. The molecule has 3 unspecified atom stereocenters. The Hall–Kier alpha value is -0.130. The molecule has 1 saturated heterocycles. The van der Waals surface area contributed by atoms with Crippen LogP contribution in [0.1, 0.15) is 20.8 Å². The van der Waals surface area contributed by atoms with Crippen molar-refractivity contribution >= 4 is 9.84 Å². The number of rotatable bonds is 4. The average molecular weight is 248 g/mol. The Morgan fingerprint density at radius 3 is 2.56 bits per heavy atom. The van der Waals surface area contributed by atoms with Gasteiger partial charge in [-0.05, 0) is 33.4 Å². The van der Waals surface area contributed by atoms with E-state index in [-0.39, 0.29) is 6.04 Å². The molecule has 1 fully saturated rings. The summed E-state index contributed by atoms with van der Waals surface area (Å²) >= 11 is 0. The minimum absolute atomic E-state index is 0.146. The molecule has 5 heteroatoms. The summed E-state index contributed by atoms with van der Waals surface area (Å²) in [5.41, 5.74) is 0. The van der Waals surface area contributed by atoms with Crippen LogP contribution in [0.3, 0.4) is 0 Å². The van der Waals surface area contributed by atoms with E-state index in [0.29, 0.717) is 30.0 Å². The molecule has 0 amide bonds. The average Bonchev–Trinajstić information content (AvgIpc) is 2.16. The molecule has 1 heterocycles. The lowest BCUT2D eigenvalue weighted by atomic mass is 10.0. The van der Waals surface area contributed by atoms with Crippen molar-refractivity contribution < 1.29 is 8.42 Å². The van der Waals surface area contributed by atoms with Crippen molar-refractivity contribution in [1.29, 1.82) is 0 Å². The van der Waals surface area contributed by atoms with Gasteiger partial charge in [-0.25, -0.2) is 8.42 Å². The second kappa shape index (κ2) is 5.47. The predicted molar refractivity (Wildman–Crippen MR) is 67.4 cm³/mol. The molecular weight excluding hydrogens is 224 g/mol. The quantitative estimate of drug-likeness (QED) is 0.780. The first-order chi connectivity index (χ1) is 7.37. The van der Waals surface area contributed by atoms with Crippen molar-refractivity contribution in [1.82, 2.24) is 10.2 Å². The lowest BCUT2D eigenvalue weighted by Gasteiger charge is -2.40. The summed E-state index contributed by atoms with van der Waals surface area (Å²) < 4.78 is 23.0. The summed E-state index contributed by atoms with van der Waals surface area (Å²) in [5, 5.41) is 3.17. The van der Waals surface area contributed by atoms with E-state index < -0.39 is 9.84 Å². The van der Waals surface area contributed by atoms with Gasteiger partial charge in [0.2, 0.25) is 0 Å². The van der Waals surface area contributed by atoms with Crippen molar-refractivity contribution in [2.75, 3.05) is 31.6 Å². The maximum Gasteiger partial charge on any atom is 0.153 e. The highest BCUT2D eigenvalue weighted by Crippen LogP contribution is 2.19. The summed E-state index contributed by atoms with van der Waals surface area (Å²) in [7, 11) is -0.842. The molecule has 1 aliphatic heterocycles. The lowest BCUT2D eigenvalue weighted by molar-refractivity contribution is 0.128. The van der Waals surface area contributed by atoms with Crippen LogP contribution in [-0.4, -0.2) is 57.0 Å². The van der Waals surface area contributed by atoms with Crippen LogP contribution in [0, 0.1) is 5.92 Å². The Bertz CT molecular complexity index is 316. The first-order valence-electron chi connectivity index (χ1n) is 5.98. The fourth-order valence-corrected chi connectivity index (χ4v) is 4.02. The molecule has 1 aliphatic rings. The topological polar surface area (TPSA) is 49.4 Å². The Balaban J connectivity index is 2.61. The third-order valence-corrected chi connectivity index (χ3v) is 5.39. The van der Waals surface area contributed by atoms with E-state index in [2.05, 4.69) is 24.1 Å². The summed E-state index contributed by atoms with van der Waals surface area (Å²) in [6, 6.07) is 0.575. The molecule has 0 saturated carbocycles. The molecule has 0 bridgehead atoms. The maximum absolute atomic E-state index is 11.5. The molecule has 0 aromatic carbocycles. The Morgan fingerprint density at radius 2 is 2.06 bits per heavy atom. The normalized spacial score (nSPS) is 29.9. The molecule has 16 heavy (non-hydrogen) atoms. The van der Waals surface area contributed by atoms with Crippen LogP contribution in [0.5, 0.6) is 0 Å². The van der Waals surface area contributed by atoms with Crippen LogP contribution in [0.15, 0.2) is 0 Å². The number of sulfone groups is 1. The molecule has 0 aromatic heterocycles. The van der Waals surface area contributed by atoms with Gasteiger partial charge in [-0.2, -0.15) is 0 Å². The van der Waals surface area contributed by atoms with Crippen molar-refractivity contribution in [2.24, 2.45) is 5.92 Å². The second-order valence-corrected chi connectivity index (χ2v) is 7.21. The first-order valence-corrected chi connectivity index (χ1v) is 7.80. The van der Waals surface area contributed by atoms with Gasteiger partial charge in [-0.3, -0.25) is 4.90 Å². The molecular formula is C11H24N2O2S. The fourth-order valence-electron chi connectivity index (χ4n) is 2.44. The Labute approximate surface area is 99.3 Å². The molecule has 0 aliphatic carbocycles. The molecule has 3 atom stereocenters. The molecule has 0 spiro atoms. The molecule has 1 N–H and O–H groups in total. The lowest BCUT2D eigenvalue weighted by Crippen LogP contribution is -2.53. The van der Waals surface area contributed by atoms with Gasteiger partial charge in [0.1, 0.15) is 0 Å². The molecule has 4 nitrogen and oxygen atoms in total. The van der Waals surface area contributed by atoms with Gasteiger partial charge >= 0.3 is 0 Å². The largest absolute Gasteiger partial charge is 0.319 e. The van der Waals surface area contributed by atoms with E-state index in [1.54, 1.807) is 0 Å². The van der Waals surface area contributed by atoms with Crippen LogP contribution >= 0.6 is 0 Å². The predicted octanol–water partition coefficient (Wildman–Crippen LogP) is 0.349. The Morgan fingerprint density at radius 1 is 1.44 bits per heavy atom. The van der Waals surface area contributed by atoms with E-state index in [1.165, 1.54) is 0 Å². The van der Waals surface area contributed by atoms with Crippen LogP contribution in [0.2, 0.25) is 0 Å². The van der Waals surface area contributed by atoms with Gasteiger partial charge in [0, 0.05) is 18.6 Å². The van der Waals surface area contributed by atoms with Gasteiger partial charge in [-0.1, -0.05) is 6.92 Å². The third-order valence-electron chi connectivity index (χ3n) is 3.59. The molecule has 1 rings (SSSR count). The number of hydrogen-bond donors (Lipinski definition) is 1. The highest BCUT2D eigenvalue weighted by atomic mass is 32.2.